The largest absolute Gasteiger partial charge is 0.393 e. The van der Waals surface area contributed by atoms with Gasteiger partial charge in [0.05, 0.1) is 6.10 Å². The van der Waals surface area contributed by atoms with E-state index in [0.29, 0.717) is 5.56 Å². The van der Waals surface area contributed by atoms with E-state index >= 15 is 0 Å². The monoisotopic (exact) mass is 401 g/mol. The van der Waals surface area contributed by atoms with Gasteiger partial charge < -0.3 is 5.11 Å². The molecule has 0 fully saturated rings. The molecule has 3 rings (SSSR count). The summed E-state index contributed by atoms with van der Waals surface area (Å²) in [7, 11) is 0. The number of hydrogen-bond donors (Lipinski definition) is 1. The third-order valence-electron chi connectivity index (χ3n) is 5.02. The lowest BCUT2D eigenvalue weighted by Crippen LogP contribution is -1.97. The van der Waals surface area contributed by atoms with Crippen molar-refractivity contribution >= 4 is 6.08 Å². The molecule has 0 saturated carbocycles. The highest BCUT2D eigenvalue weighted by Crippen LogP contribution is 2.26. The zero-order chi connectivity index (χ0) is 21.3. The first kappa shape index (κ1) is 21.7. The quantitative estimate of drug-likeness (QED) is 0.314. The van der Waals surface area contributed by atoms with Gasteiger partial charge in [0.15, 0.2) is 0 Å². The predicted octanol–water partition coefficient (Wildman–Crippen LogP) is 6.85. The lowest BCUT2D eigenvalue weighted by atomic mass is 9.99. The Labute approximate surface area is 178 Å². The molecule has 154 valence electrons. The van der Waals surface area contributed by atoms with Crippen LogP contribution in [0.4, 0.5) is 4.39 Å². The molecule has 2 aromatic carbocycles. The molecule has 0 aliphatic rings. The van der Waals surface area contributed by atoms with Crippen LogP contribution in [0.1, 0.15) is 37.4 Å². The summed E-state index contributed by atoms with van der Waals surface area (Å²) in [6.07, 6.45) is 10.5. The fraction of sp³-hybridized carbons (Fsp3) is 0.222. The van der Waals surface area contributed by atoms with Crippen LogP contribution in [0, 0.1) is 5.82 Å². The molecular weight excluding hydrogens is 373 g/mol. The zero-order valence-electron chi connectivity index (χ0n) is 17.4. The molecule has 0 radical (unpaired) electrons. The van der Waals surface area contributed by atoms with Gasteiger partial charge in [0.1, 0.15) is 5.82 Å². The number of allylic oxidation sites excluding steroid dienone is 2. The van der Waals surface area contributed by atoms with E-state index in [-0.39, 0.29) is 11.9 Å². The Morgan fingerprint density at radius 2 is 1.67 bits per heavy atom. The smallest absolute Gasteiger partial charge is 0.131 e. The van der Waals surface area contributed by atoms with Gasteiger partial charge in [-0.1, -0.05) is 60.7 Å². The van der Waals surface area contributed by atoms with Crippen LogP contribution >= 0.6 is 0 Å². The minimum atomic E-state index is -0.284. The fourth-order valence-electron chi connectivity index (χ4n) is 3.30. The van der Waals surface area contributed by atoms with Crippen LogP contribution in [0.3, 0.4) is 0 Å². The highest BCUT2D eigenvalue weighted by Gasteiger charge is 2.05. The minimum absolute atomic E-state index is 0.231. The summed E-state index contributed by atoms with van der Waals surface area (Å²) < 4.78 is 14.5. The number of benzene rings is 2. The van der Waals surface area contributed by atoms with Gasteiger partial charge in [0, 0.05) is 29.4 Å². The van der Waals surface area contributed by atoms with Gasteiger partial charge in [-0.25, -0.2) is 4.39 Å². The number of pyridine rings is 1. The molecule has 3 aromatic rings. The molecule has 1 heterocycles. The Kier molecular flexibility index (Phi) is 7.69. The van der Waals surface area contributed by atoms with Crippen molar-refractivity contribution in [2.24, 2.45) is 0 Å². The number of rotatable bonds is 9. The van der Waals surface area contributed by atoms with Crippen LogP contribution in [-0.4, -0.2) is 16.2 Å². The van der Waals surface area contributed by atoms with Crippen molar-refractivity contribution < 1.29 is 9.50 Å². The summed E-state index contributed by atoms with van der Waals surface area (Å²) in [5.74, 6) is -0.231. The van der Waals surface area contributed by atoms with E-state index in [4.69, 9.17) is 0 Å². The van der Waals surface area contributed by atoms with Crippen LogP contribution in [0.5, 0.6) is 0 Å². The van der Waals surface area contributed by atoms with Gasteiger partial charge in [0.2, 0.25) is 0 Å². The van der Waals surface area contributed by atoms with Gasteiger partial charge in [-0.3, -0.25) is 4.98 Å². The van der Waals surface area contributed by atoms with E-state index < -0.39 is 0 Å². The van der Waals surface area contributed by atoms with Crippen LogP contribution in [0.25, 0.3) is 28.3 Å². The molecule has 1 unspecified atom stereocenters. The minimum Gasteiger partial charge on any atom is -0.393 e. The maximum Gasteiger partial charge on any atom is 0.131 e. The number of unbranched alkanes of at least 4 members (excludes halogenated alkanes) is 1. The maximum absolute atomic E-state index is 14.5. The van der Waals surface area contributed by atoms with Crippen molar-refractivity contribution in [1.82, 2.24) is 4.98 Å². The molecule has 0 aliphatic heterocycles. The topological polar surface area (TPSA) is 33.1 Å². The molecule has 3 heteroatoms. The molecule has 1 aromatic heterocycles. The van der Waals surface area contributed by atoms with Gasteiger partial charge in [-0.15, -0.1) is 6.58 Å². The summed E-state index contributed by atoms with van der Waals surface area (Å²) in [5.41, 5.74) is 5.53. The van der Waals surface area contributed by atoms with Crippen molar-refractivity contribution in [3.63, 3.8) is 0 Å². The lowest BCUT2D eigenvalue weighted by molar-refractivity contribution is 0.182. The number of nitrogens with zero attached hydrogens (tertiary/aromatic N) is 1. The Hall–Kier alpha value is -3.04. The van der Waals surface area contributed by atoms with E-state index in [2.05, 4.69) is 17.6 Å². The Balaban J connectivity index is 1.68. The van der Waals surface area contributed by atoms with Crippen molar-refractivity contribution in [1.29, 1.82) is 0 Å². The number of halogens is 1. The first-order chi connectivity index (χ1) is 14.6. The van der Waals surface area contributed by atoms with Gasteiger partial charge >= 0.3 is 0 Å². The standard InChI is InChI=1S/C27H28FNO/c1-3-7-26-17-16-25(19-29-26)22-12-10-21(11-13-22)24-15-14-23(27(28)18-24)9-6-4-5-8-20(2)30/h3,6,9-20,30H,1,4-5,7-8H2,2H3. The number of aliphatic hydroxyl groups excluding tert-OH is 1. The van der Waals surface area contributed by atoms with Crippen LogP contribution < -0.4 is 0 Å². The Morgan fingerprint density at radius 1 is 1.00 bits per heavy atom. The normalized spacial score (nSPS) is 12.2. The molecule has 0 aliphatic carbocycles. The zero-order valence-corrected chi connectivity index (χ0v) is 17.4. The molecule has 2 nitrogen and oxygen atoms in total. The van der Waals surface area contributed by atoms with Gasteiger partial charge in [0.25, 0.3) is 0 Å². The molecule has 1 atom stereocenters. The number of hydrogen-bond acceptors (Lipinski definition) is 2. The number of aliphatic hydroxyl groups is 1. The van der Waals surface area contributed by atoms with E-state index in [9.17, 15) is 9.50 Å². The molecular formula is C27H28FNO. The highest BCUT2D eigenvalue weighted by atomic mass is 19.1. The van der Waals surface area contributed by atoms with Crippen molar-refractivity contribution in [2.45, 2.75) is 38.7 Å². The SMILES string of the molecule is C=CCc1ccc(-c2ccc(-c3ccc(C=CCCCC(C)O)c(F)c3)cc2)cn1. The first-order valence-corrected chi connectivity index (χ1v) is 10.4. The van der Waals surface area contributed by atoms with Gasteiger partial charge in [-0.2, -0.15) is 0 Å². The van der Waals surface area contributed by atoms with Crippen molar-refractivity contribution in [3.8, 4) is 22.3 Å². The highest BCUT2D eigenvalue weighted by molar-refractivity contribution is 5.71. The third-order valence-corrected chi connectivity index (χ3v) is 5.02. The number of aromatic nitrogens is 1. The van der Waals surface area contributed by atoms with Crippen LogP contribution in [-0.2, 0) is 6.42 Å². The molecule has 0 spiro atoms. The molecule has 0 bridgehead atoms. The maximum atomic E-state index is 14.5. The van der Waals surface area contributed by atoms with Crippen molar-refractivity contribution in [2.75, 3.05) is 0 Å². The second-order valence-corrected chi connectivity index (χ2v) is 7.53. The summed E-state index contributed by atoms with van der Waals surface area (Å²) in [6.45, 7) is 5.52. The Bertz CT molecular complexity index is 988. The van der Waals surface area contributed by atoms with E-state index in [1.165, 1.54) is 0 Å². The van der Waals surface area contributed by atoms with E-state index in [1.54, 1.807) is 13.0 Å². The predicted molar refractivity (Wildman–Crippen MR) is 124 cm³/mol. The fourth-order valence-corrected chi connectivity index (χ4v) is 3.30. The second kappa shape index (κ2) is 10.7. The molecule has 1 N–H and O–H groups in total. The summed E-state index contributed by atoms with van der Waals surface area (Å²) >= 11 is 0. The molecule has 30 heavy (non-hydrogen) atoms. The van der Waals surface area contributed by atoms with Gasteiger partial charge in [-0.05, 0) is 55.0 Å². The third kappa shape index (κ3) is 5.98. The summed E-state index contributed by atoms with van der Waals surface area (Å²) in [4.78, 5) is 4.45. The summed E-state index contributed by atoms with van der Waals surface area (Å²) in [6, 6.07) is 17.5. The Morgan fingerprint density at radius 3 is 2.27 bits per heavy atom. The van der Waals surface area contributed by atoms with E-state index in [1.807, 2.05) is 66.9 Å². The van der Waals surface area contributed by atoms with Crippen LogP contribution in [0.15, 0.2) is 79.5 Å². The van der Waals surface area contributed by atoms with E-state index in [0.717, 1.165) is 53.6 Å². The lowest BCUT2D eigenvalue weighted by Gasteiger charge is -2.07. The summed E-state index contributed by atoms with van der Waals surface area (Å²) in [5, 5.41) is 9.27. The molecule has 0 amide bonds. The average molecular weight is 402 g/mol. The van der Waals surface area contributed by atoms with Crippen molar-refractivity contribution in [3.05, 3.63) is 96.6 Å². The average Bonchev–Trinajstić information content (AvgIpc) is 2.75. The second-order valence-electron chi connectivity index (χ2n) is 7.53. The van der Waals surface area contributed by atoms with Crippen LogP contribution in [0.2, 0.25) is 0 Å². The molecule has 0 saturated heterocycles. The first-order valence-electron chi connectivity index (χ1n) is 10.4.